The van der Waals surface area contributed by atoms with Crippen molar-refractivity contribution in [2.45, 2.75) is 33.1 Å². The van der Waals surface area contributed by atoms with Crippen LogP contribution in [0.4, 0.5) is 0 Å². The van der Waals surface area contributed by atoms with Crippen LogP contribution in [0.5, 0.6) is 0 Å². The second-order valence-electron chi connectivity index (χ2n) is 5.91. The van der Waals surface area contributed by atoms with E-state index in [1.807, 2.05) is 25.2 Å². The lowest BCUT2D eigenvalue weighted by Gasteiger charge is -2.12. The fourth-order valence-corrected chi connectivity index (χ4v) is 2.29. The average Bonchev–Trinajstić information content (AvgIpc) is 2.92. The van der Waals surface area contributed by atoms with Crippen LogP contribution in [0.2, 0.25) is 0 Å². The SMILES string of the molecule is CN=C(NCCCc1nc2ccccc2[nH]1)NCCC(C)C. The number of hydrogen-bond donors (Lipinski definition) is 3. The molecule has 2 aromatic rings. The summed E-state index contributed by atoms with van der Waals surface area (Å²) >= 11 is 0. The van der Waals surface area contributed by atoms with Crippen molar-refractivity contribution in [1.82, 2.24) is 20.6 Å². The Hall–Kier alpha value is -2.04. The van der Waals surface area contributed by atoms with Gasteiger partial charge in [0.2, 0.25) is 0 Å². The predicted octanol–water partition coefficient (Wildman–Crippen LogP) is 2.71. The zero-order chi connectivity index (χ0) is 15.8. The van der Waals surface area contributed by atoms with E-state index >= 15 is 0 Å². The molecule has 22 heavy (non-hydrogen) atoms. The van der Waals surface area contributed by atoms with Crippen LogP contribution in [-0.4, -0.2) is 36.1 Å². The third kappa shape index (κ3) is 5.06. The highest BCUT2D eigenvalue weighted by molar-refractivity contribution is 5.79. The van der Waals surface area contributed by atoms with Crippen molar-refractivity contribution in [3.63, 3.8) is 0 Å². The van der Waals surface area contributed by atoms with Crippen LogP contribution in [-0.2, 0) is 6.42 Å². The molecule has 5 nitrogen and oxygen atoms in total. The van der Waals surface area contributed by atoms with Crippen LogP contribution in [0.1, 0.15) is 32.5 Å². The van der Waals surface area contributed by atoms with Gasteiger partial charge in [0.25, 0.3) is 0 Å². The maximum absolute atomic E-state index is 4.59. The molecule has 0 atom stereocenters. The van der Waals surface area contributed by atoms with Gasteiger partial charge in [-0.3, -0.25) is 4.99 Å². The summed E-state index contributed by atoms with van der Waals surface area (Å²) < 4.78 is 0. The smallest absolute Gasteiger partial charge is 0.190 e. The maximum atomic E-state index is 4.59. The normalized spacial score (nSPS) is 12.1. The Bertz CT molecular complexity index is 567. The van der Waals surface area contributed by atoms with Gasteiger partial charge in [-0.15, -0.1) is 0 Å². The lowest BCUT2D eigenvalue weighted by Crippen LogP contribution is -2.38. The van der Waals surface area contributed by atoms with E-state index in [1.54, 1.807) is 0 Å². The van der Waals surface area contributed by atoms with E-state index in [1.165, 1.54) is 0 Å². The molecule has 2 rings (SSSR count). The summed E-state index contributed by atoms with van der Waals surface area (Å²) in [5, 5.41) is 6.68. The van der Waals surface area contributed by atoms with Crippen molar-refractivity contribution in [2.75, 3.05) is 20.1 Å². The fourth-order valence-electron chi connectivity index (χ4n) is 2.29. The molecule has 5 heteroatoms. The number of nitrogens with one attached hydrogen (secondary N) is 3. The van der Waals surface area contributed by atoms with E-state index in [-0.39, 0.29) is 0 Å². The monoisotopic (exact) mass is 301 g/mol. The van der Waals surface area contributed by atoms with Crippen molar-refractivity contribution in [3.8, 4) is 0 Å². The van der Waals surface area contributed by atoms with Gasteiger partial charge >= 0.3 is 0 Å². The number of aromatic nitrogens is 2. The molecule has 0 aliphatic carbocycles. The minimum absolute atomic E-state index is 0.707. The summed E-state index contributed by atoms with van der Waals surface area (Å²) in [4.78, 5) is 12.2. The molecule has 0 amide bonds. The fraction of sp³-hybridized carbons (Fsp3) is 0.529. The number of fused-ring (bicyclic) bond motifs is 1. The van der Waals surface area contributed by atoms with Crippen LogP contribution in [0.25, 0.3) is 11.0 Å². The molecule has 1 heterocycles. The Morgan fingerprint density at radius 1 is 1.23 bits per heavy atom. The molecule has 0 saturated carbocycles. The molecule has 0 aliphatic heterocycles. The van der Waals surface area contributed by atoms with Gasteiger partial charge in [-0.25, -0.2) is 4.98 Å². The number of nitrogens with zero attached hydrogens (tertiary/aromatic N) is 2. The van der Waals surface area contributed by atoms with E-state index in [9.17, 15) is 0 Å². The van der Waals surface area contributed by atoms with E-state index in [2.05, 4.69) is 45.5 Å². The molecule has 120 valence electrons. The first-order valence-electron chi connectivity index (χ1n) is 8.07. The number of aromatic amines is 1. The summed E-state index contributed by atoms with van der Waals surface area (Å²) in [7, 11) is 1.81. The van der Waals surface area contributed by atoms with Crippen molar-refractivity contribution < 1.29 is 0 Å². The summed E-state index contributed by atoms with van der Waals surface area (Å²) in [6.07, 6.45) is 3.11. The second kappa shape index (κ2) is 8.41. The highest BCUT2D eigenvalue weighted by atomic mass is 15.2. The number of rotatable bonds is 7. The van der Waals surface area contributed by atoms with Gasteiger partial charge in [0.15, 0.2) is 5.96 Å². The quantitative estimate of drug-likeness (QED) is 0.418. The molecule has 1 aromatic carbocycles. The largest absolute Gasteiger partial charge is 0.356 e. The van der Waals surface area contributed by atoms with Crippen molar-refractivity contribution in [1.29, 1.82) is 0 Å². The van der Waals surface area contributed by atoms with E-state index in [0.29, 0.717) is 5.92 Å². The van der Waals surface area contributed by atoms with E-state index in [4.69, 9.17) is 0 Å². The summed E-state index contributed by atoms with van der Waals surface area (Å²) in [5.41, 5.74) is 2.15. The molecular weight excluding hydrogens is 274 g/mol. The minimum atomic E-state index is 0.707. The van der Waals surface area contributed by atoms with Crippen LogP contribution >= 0.6 is 0 Å². The lowest BCUT2D eigenvalue weighted by atomic mass is 10.1. The number of H-pyrrole nitrogens is 1. The van der Waals surface area contributed by atoms with Gasteiger partial charge in [0.05, 0.1) is 11.0 Å². The Labute approximate surface area is 132 Å². The number of benzene rings is 1. The standard InChI is InChI=1S/C17H27N5/c1-13(2)10-12-20-17(18-3)19-11-6-9-16-21-14-7-4-5-8-15(14)22-16/h4-5,7-8,13H,6,9-12H2,1-3H3,(H,21,22)(H2,18,19,20). The first-order chi connectivity index (χ1) is 10.7. The highest BCUT2D eigenvalue weighted by Gasteiger charge is 2.02. The molecule has 0 unspecified atom stereocenters. The molecular formula is C17H27N5. The first-order valence-corrected chi connectivity index (χ1v) is 8.07. The Morgan fingerprint density at radius 3 is 2.73 bits per heavy atom. The van der Waals surface area contributed by atoms with Crippen molar-refractivity contribution in [2.24, 2.45) is 10.9 Å². The van der Waals surface area contributed by atoms with Gasteiger partial charge in [0, 0.05) is 26.6 Å². The van der Waals surface area contributed by atoms with Crippen molar-refractivity contribution in [3.05, 3.63) is 30.1 Å². The molecule has 0 fully saturated rings. The number of hydrogen-bond acceptors (Lipinski definition) is 2. The summed E-state index contributed by atoms with van der Waals surface area (Å²) in [5.74, 6) is 2.63. The van der Waals surface area contributed by atoms with Crippen LogP contribution in [0.15, 0.2) is 29.3 Å². The highest BCUT2D eigenvalue weighted by Crippen LogP contribution is 2.10. The summed E-state index contributed by atoms with van der Waals surface area (Å²) in [6, 6.07) is 8.14. The summed E-state index contributed by atoms with van der Waals surface area (Å²) in [6.45, 7) is 6.30. The molecule has 0 saturated heterocycles. The van der Waals surface area contributed by atoms with E-state index in [0.717, 1.165) is 55.2 Å². The van der Waals surface area contributed by atoms with E-state index < -0.39 is 0 Å². The second-order valence-corrected chi connectivity index (χ2v) is 5.91. The predicted molar refractivity (Wildman–Crippen MR) is 93.2 cm³/mol. The van der Waals surface area contributed by atoms with Crippen LogP contribution in [0, 0.1) is 5.92 Å². The third-order valence-corrected chi connectivity index (χ3v) is 3.56. The van der Waals surface area contributed by atoms with Crippen LogP contribution in [0.3, 0.4) is 0 Å². The number of guanidine groups is 1. The molecule has 0 aliphatic rings. The minimum Gasteiger partial charge on any atom is -0.356 e. The topological polar surface area (TPSA) is 65.1 Å². The lowest BCUT2D eigenvalue weighted by molar-refractivity contribution is 0.573. The molecule has 1 aromatic heterocycles. The van der Waals surface area contributed by atoms with Crippen LogP contribution < -0.4 is 10.6 Å². The number of aryl methyl sites for hydroxylation is 1. The molecule has 3 N–H and O–H groups in total. The van der Waals surface area contributed by atoms with Gasteiger partial charge in [0.1, 0.15) is 5.82 Å². The number of imidazole rings is 1. The maximum Gasteiger partial charge on any atom is 0.190 e. The van der Waals surface area contributed by atoms with Gasteiger partial charge in [-0.2, -0.15) is 0 Å². The third-order valence-electron chi connectivity index (χ3n) is 3.56. The van der Waals surface area contributed by atoms with Gasteiger partial charge in [-0.1, -0.05) is 26.0 Å². The zero-order valence-electron chi connectivity index (χ0n) is 13.8. The van der Waals surface area contributed by atoms with Gasteiger partial charge in [-0.05, 0) is 30.9 Å². The number of aliphatic imine (C=N–C) groups is 1. The Balaban J connectivity index is 1.69. The zero-order valence-corrected chi connectivity index (χ0v) is 13.8. The molecule has 0 bridgehead atoms. The molecule has 0 radical (unpaired) electrons. The average molecular weight is 301 g/mol. The van der Waals surface area contributed by atoms with Gasteiger partial charge < -0.3 is 15.6 Å². The number of para-hydroxylation sites is 2. The van der Waals surface area contributed by atoms with Crippen molar-refractivity contribution >= 4 is 17.0 Å². The molecule has 0 spiro atoms. The first kappa shape index (κ1) is 16.3. The Morgan fingerprint density at radius 2 is 2.00 bits per heavy atom. The Kier molecular flexibility index (Phi) is 6.25.